The summed E-state index contributed by atoms with van der Waals surface area (Å²) >= 11 is 1.73. The minimum atomic E-state index is 0.107. The van der Waals surface area contributed by atoms with E-state index >= 15 is 0 Å². The first kappa shape index (κ1) is 16.2. The molecule has 0 aromatic carbocycles. The van der Waals surface area contributed by atoms with E-state index in [9.17, 15) is 4.79 Å². The Bertz CT molecular complexity index is 381. The summed E-state index contributed by atoms with van der Waals surface area (Å²) in [6.07, 6.45) is 1.00. The summed E-state index contributed by atoms with van der Waals surface area (Å²) in [6.45, 7) is 9.89. The van der Waals surface area contributed by atoms with Gasteiger partial charge in [0.2, 0.25) is 5.91 Å². The van der Waals surface area contributed by atoms with E-state index in [0.717, 1.165) is 13.0 Å². The molecule has 0 spiro atoms. The molecule has 108 valence electrons. The fourth-order valence-electron chi connectivity index (χ4n) is 1.74. The molecule has 0 fully saturated rings. The monoisotopic (exact) mass is 282 g/mol. The third kappa shape index (κ3) is 6.21. The van der Waals surface area contributed by atoms with Gasteiger partial charge in [-0.05, 0) is 37.3 Å². The summed E-state index contributed by atoms with van der Waals surface area (Å²) in [5, 5.41) is 5.07. The molecule has 3 nitrogen and oxygen atoms in total. The van der Waals surface area contributed by atoms with Gasteiger partial charge in [-0.1, -0.05) is 26.8 Å². The molecule has 1 aromatic rings. The Morgan fingerprint density at radius 1 is 1.47 bits per heavy atom. The molecule has 19 heavy (non-hydrogen) atoms. The van der Waals surface area contributed by atoms with Crippen LogP contribution in [0.15, 0.2) is 17.5 Å². The molecule has 0 aliphatic carbocycles. The van der Waals surface area contributed by atoms with Crippen molar-refractivity contribution in [2.75, 3.05) is 20.1 Å². The van der Waals surface area contributed by atoms with E-state index in [1.807, 2.05) is 13.1 Å². The summed E-state index contributed by atoms with van der Waals surface area (Å²) in [5.41, 5.74) is 0.267. The van der Waals surface area contributed by atoms with Gasteiger partial charge in [0.15, 0.2) is 0 Å². The largest absolute Gasteiger partial charge is 0.355 e. The van der Waals surface area contributed by atoms with E-state index in [4.69, 9.17) is 0 Å². The Kier molecular flexibility index (Phi) is 6.01. The summed E-state index contributed by atoms with van der Waals surface area (Å²) in [4.78, 5) is 15.2. The number of thiophene rings is 1. The van der Waals surface area contributed by atoms with Gasteiger partial charge in [0, 0.05) is 17.5 Å². The van der Waals surface area contributed by atoms with Crippen LogP contribution in [0.2, 0.25) is 0 Å². The van der Waals surface area contributed by atoms with Crippen LogP contribution in [0.3, 0.4) is 0 Å². The van der Waals surface area contributed by atoms with Gasteiger partial charge in [-0.15, -0.1) is 11.3 Å². The first-order chi connectivity index (χ1) is 8.79. The van der Waals surface area contributed by atoms with Gasteiger partial charge in [0.1, 0.15) is 0 Å². The highest BCUT2D eigenvalue weighted by Crippen LogP contribution is 2.22. The third-order valence-corrected chi connectivity index (χ3v) is 4.25. The van der Waals surface area contributed by atoms with Crippen LogP contribution in [-0.2, 0) is 4.79 Å². The van der Waals surface area contributed by atoms with E-state index in [2.05, 4.69) is 49.4 Å². The van der Waals surface area contributed by atoms with Gasteiger partial charge in [-0.25, -0.2) is 0 Å². The topological polar surface area (TPSA) is 32.3 Å². The van der Waals surface area contributed by atoms with Crippen molar-refractivity contribution in [3.8, 4) is 0 Å². The Balaban J connectivity index is 2.32. The second kappa shape index (κ2) is 7.06. The average molecular weight is 282 g/mol. The minimum Gasteiger partial charge on any atom is -0.355 e. The number of amides is 1. The van der Waals surface area contributed by atoms with E-state index in [1.165, 1.54) is 4.88 Å². The maximum atomic E-state index is 11.9. The van der Waals surface area contributed by atoms with Crippen molar-refractivity contribution in [3.63, 3.8) is 0 Å². The summed E-state index contributed by atoms with van der Waals surface area (Å²) in [7, 11) is 1.99. The first-order valence-electron chi connectivity index (χ1n) is 6.80. The highest BCUT2D eigenvalue weighted by molar-refractivity contribution is 7.10. The Morgan fingerprint density at radius 2 is 2.16 bits per heavy atom. The molecular formula is C15H26N2OS. The zero-order chi connectivity index (χ0) is 14.5. The second-order valence-corrected chi connectivity index (χ2v) is 7.25. The fraction of sp³-hybridized carbons (Fsp3) is 0.667. The minimum absolute atomic E-state index is 0.107. The Hall–Kier alpha value is -0.870. The van der Waals surface area contributed by atoms with Gasteiger partial charge in [-0.2, -0.15) is 0 Å². The number of carbonyl (C=O) groups excluding carboxylic acids is 1. The molecule has 0 saturated carbocycles. The zero-order valence-corrected chi connectivity index (χ0v) is 13.5. The molecule has 0 radical (unpaired) electrons. The van der Waals surface area contributed by atoms with Crippen LogP contribution in [0.4, 0.5) is 0 Å². The van der Waals surface area contributed by atoms with Gasteiger partial charge in [-0.3, -0.25) is 9.69 Å². The SMILES string of the molecule is CC(c1cccs1)N(C)CC(=O)NCCC(C)(C)C. The van der Waals surface area contributed by atoms with Crippen LogP contribution in [0.5, 0.6) is 0 Å². The fourth-order valence-corrected chi connectivity index (χ4v) is 2.59. The van der Waals surface area contributed by atoms with E-state index in [1.54, 1.807) is 11.3 Å². The predicted molar refractivity (Wildman–Crippen MR) is 82.4 cm³/mol. The number of carbonyl (C=O) groups is 1. The lowest BCUT2D eigenvalue weighted by atomic mass is 9.92. The quantitative estimate of drug-likeness (QED) is 0.868. The molecule has 1 rings (SSSR count). The van der Waals surface area contributed by atoms with Crippen LogP contribution >= 0.6 is 11.3 Å². The molecule has 1 amide bonds. The van der Waals surface area contributed by atoms with Crippen molar-refractivity contribution in [1.29, 1.82) is 0 Å². The highest BCUT2D eigenvalue weighted by atomic mass is 32.1. The van der Waals surface area contributed by atoms with Crippen LogP contribution in [0.1, 0.15) is 45.0 Å². The summed E-state index contributed by atoms with van der Waals surface area (Å²) < 4.78 is 0. The van der Waals surface area contributed by atoms with Crippen molar-refractivity contribution in [2.45, 2.75) is 40.2 Å². The standard InChI is InChI=1S/C15H26N2OS/c1-12(13-7-6-10-19-13)17(5)11-14(18)16-9-8-15(2,3)4/h6-7,10,12H,8-9,11H2,1-5H3,(H,16,18). The van der Waals surface area contributed by atoms with E-state index in [-0.39, 0.29) is 17.4 Å². The molecule has 1 heterocycles. The van der Waals surface area contributed by atoms with Crippen LogP contribution in [0.25, 0.3) is 0 Å². The lowest BCUT2D eigenvalue weighted by Gasteiger charge is -2.24. The van der Waals surface area contributed by atoms with Crippen LogP contribution < -0.4 is 5.32 Å². The average Bonchev–Trinajstić information content (AvgIpc) is 2.79. The lowest BCUT2D eigenvalue weighted by molar-refractivity contribution is -0.122. The Labute approximate surface area is 121 Å². The number of likely N-dealkylation sites (N-methyl/N-ethyl adjacent to an activating group) is 1. The molecule has 1 atom stereocenters. The maximum Gasteiger partial charge on any atom is 0.234 e. The normalized spacial score (nSPS) is 13.6. The zero-order valence-electron chi connectivity index (χ0n) is 12.7. The van der Waals surface area contributed by atoms with Crippen molar-refractivity contribution < 1.29 is 4.79 Å². The van der Waals surface area contributed by atoms with Gasteiger partial charge in [0.05, 0.1) is 6.54 Å². The molecule has 1 N–H and O–H groups in total. The summed E-state index contributed by atoms with van der Waals surface area (Å²) in [6, 6.07) is 4.45. The number of hydrogen-bond acceptors (Lipinski definition) is 3. The number of nitrogens with one attached hydrogen (secondary N) is 1. The highest BCUT2D eigenvalue weighted by Gasteiger charge is 2.16. The second-order valence-electron chi connectivity index (χ2n) is 6.27. The molecular weight excluding hydrogens is 256 g/mol. The van der Waals surface area contributed by atoms with Gasteiger partial charge in [0.25, 0.3) is 0 Å². The smallest absolute Gasteiger partial charge is 0.234 e. The number of nitrogens with zero attached hydrogens (tertiary/aromatic N) is 1. The van der Waals surface area contributed by atoms with E-state index < -0.39 is 0 Å². The van der Waals surface area contributed by atoms with Crippen molar-refractivity contribution >= 4 is 17.2 Å². The third-order valence-electron chi connectivity index (χ3n) is 3.21. The molecule has 1 unspecified atom stereocenters. The van der Waals surface area contributed by atoms with Gasteiger partial charge >= 0.3 is 0 Å². The molecule has 1 aromatic heterocycles. The van der Waals surface area contributed by atoms with Crippen molar-refractivity contribution in [2.24, 2.45) is 5.41 Å². The van der Waals surface area contributed by atoms with Crippen molar-refractivity contribution in [1.82, 2.24) is 10.2 Å². The maximum absolute atomic E-state index is 11.9. The predicted octanol–water partition coefficient (Wildman–Crippen LogP) is 3.29. The molecule has 0 aliphatic heterocycles. The molecule has 0 saturated heterocycles. The Morgan fingerprint density at radius 3 is 2.68 bits per heavy atom. The molecule has 0 bridgehead atoms. The van der Waals surface area contributed by atoms with Crippen LogP contribution in [0, 0.1) is 5.41 Å². The summed E-state index contributed by atoms with van der Waals surface area (Å²) in [5.74, 6) is 0.107. The number of rotatable bonds is 6. The lowest BCUT2D eigenvalue weighted by Crippen LogP contribution is -2.37. The first-order valence-corrected chi connectivity index (χ1v) is 7.68. The van der Waals surface area contributed by atoms with Crippen molar-refractivity contribution in [3.05, 3.63) is 22.4 Å². The number of hydrogen-bond donors (Lipinski definition) is 1. The van der Waals surface area contributed by atoms with E-state index in [0.29, 0.717) is 6.54 Å². The van der Waals surface area contributed by atoms with Gasteiger partial charge < -0.3 is 5.32 Å². The van der Waals surface area contributed by atoms with Crippen LogP contribution in [-0.4, -0.2) is 30.9 Å². The molecule has 0 aliphatic rings. The molecule has 4 heteroatoms.